The second-order valence-corrected chi connectivity index (χ2v) is 6.23. The number of carbonyl (C=O) groups excluding carboxylic acids is 1. The molecule has 0 saturated heterocycles. The van der Waals surface area contributed by atoms with Crippen LogP contribution in [-0.4, -0.2) is 5.78 Å². The monoisotopic (exact) mass is 210 g/mol. The first-order valence-corrected chi connectivity index (χ1v) is 6.31. The molecule has 1 nitrogen and oxygen atoms in total. The molecule has 0 radical (unpaired) electrons. The molecule has 0 aromatic heterocycles. The summed E-state index contributed by atoms with van der Waals surface area (Å²) >= 11 is 0. The van der Waals surface area contributed by atoms with E-state index in [0.717, 1.165) is 19.3 Å². The van der Waals surface area contributed by atoms with Crippen molar-refractivity contribution in [3.8, 4) is 0 Å². The normalized spacial score (nSPS) is 23.1. The number of Topliss-reactive ketones (excluding diaryl/α,β-unsaturated/α-hetero) is 1. The molecule has 0 N–H and O–H groups in total. The zero-order valence-electron chi connectivity index (χ0n) is 11.2. The molecule has 1 saturated carbocycles. The molecule has 0 atom stereocenters. The van der Waals surface area contributed by atoms with Gasteiger partial charge in [-0.15, -0.1) is 0 Å². The van der Waals surface area contributed by atoms with Gasteiger partial charge >= 0.3 is 0 Å². The first-order chi connectivity index (χ1) is 6.79. The second kappa shape index (κ2) is 3.92. The molecule has 0 unspecified atom stereocenters. The van der Waals surface area contributed by atoms with Gasteiger partial charge in [0.1, 0.15) is 5.78 Å². The highest BCUT2D eigenvalue weighted by molar-refractivity contribution is 5.86. The van der Waals surface area contributed by atoms with Crippen LogP contribution in [0.1, 0.15) is 60.8 Å². The van der Waals surface area contributed by atoms with Crippen LogP contribution in [0.4, 0.5) is 0 Å². The summed E-state index contributed by atoms with van der Waals surface area (Å²) in [6.07, 6.45) is 3.07. The first-order valence-electron chi connectivity index (χ1n) is 6.31. The van der Waals surface area contributed by atoms with Crippen LogP contribution in [0.2, 0.25) is 0 Å². The maximum Gasteiger partial charge on any atom is 0.137 e. The Kier molecular flexibility index (Phi) is 3.33. The number of ketones is 1. The van der Waals surface area contributed by atoms with E-state index in [-0.39, 0.29) is 10.8 Å². The molecule has 0 aromatic carbocycles. The Labute approximate surface area is 94.6 Å². The summed E-state index contributed by atoms with van der Waals surface area (Å²) in [5, 5.41) is 0. The molecule has 1 heteroatoms. The summed E-state index contributed by atoms with van der Waals surface area (Å²) in [4.78, 5) is 12.2. The highest BCUT2D eigenvalue weighted by atomic mass is 16.1. The van der Waals surface area contributed by atoms with Crippen LogP contribution in [0.5, 0.6) is 0 Å². The molecular formula is C14H26O. The van der Waals surface area contributed by atoms with Gasteiger partial charge in [0.25, 0.3) is 0 Å². The molecule has 1 rings (SSSR count). The summed E-state index contributed by atoms with van der Waals surface area (Å²) in [5.74, 6) is 1.40. The molecule has 0 heterocycles. The zero-order chi connectivity index (χ0) is 11.9. The van der Waals surface area contributed by atoms with Gasteiger partial charge in [0.15, 0.2) is 0 Å². The molecule has 1 aliphatic carbocycles. The lowest BCUT2D eigenvalue weighted by atomic mass is 9.93. The predicted molar refractivity (Wildman–Crippen MR) is 64.7 cm³/mol. The maximum absolute atomic E-state index is 12.2. The molecule has 88 valence electrons. The van der Waals surface area contributed by atoms with E-state index >= 15 is 0 Å². The fourth-order valence-corrected chi connectivity index (χ4v) is 2.98. The highest BCUT2D eigenvalue weighted by Crippen LogP contribution is 2.69. The van der Waals surface area contributed by atoms with E-state index in [2.05, 4.69) is 41.5 Å². The highest BCUT2D eigenvalue weighted by Gasteiger charge is 2.67. The van der Waals surface area contributed by atoms with Crippen LogP contribution in [-0.2, 0) is 4.79 Å². The number of rotatable bonds is 5. The van der Waals surface area contributed by atoms with Gasteiger partial charge in [-0.3, -0.25) is 4.79 Å². The quantitative estimate of drug-likeness (QED) is 0.668. The van der Waals surface area contributed by atoms with Crippen LogP contribution < -0.4 is 0 Å². The third-order valence-electron chi connectivity index (χ3n) is 4.99. The minimum Gasteiger partial charge on any atom is -0.299 e. The molecule has 0 bridgehead atoms. The van der Waals surface area contributed by atoms with Gasteiger partial charge in [-0.25, -0.2) is 0 Å². The minimum atomic E-state index is 0.218. The number of hydrogen-bond acceptors (Lipinski definition) is 1. The van der Waals surface area contributed by atoms with Gasteiger partial charge in [0, 0.05) is 12.3 Å². The van der Waals surface area contributed by atoms with Crippen molar-refractivity contribution in [3.05, 3.63) is 0 Å². The van der Waals surface area contributed by atoms with E-state index in [4.69, 9.17) is 0 Å². The van der Waals surface area contributed by atoms with Crippen molar-refractivity contribution in [2.75, 3.05) is 0 Å². The number of carbonyl (C=O) groups is 1. The molecule has 0 aliphatic heterocycles. The van der Waals surface area contributed by atoms with E-state index in [9.17, 15) is 4.79 Å². The fraction of sp³-hybridized carbons (Fsp3) is 0.929. The van der Waals surface area contributed by atoms with Crippen molar-refractivity contribution >= 4 is 5.78 Å². The Balaban J connectivity index is 2.58. The molecule has 0 amide bonds. The van der Waals surface area contributed by atoms with Crippen molar-refractivity contribution in [2.45, 2.75) is 60.8 Å². The van der Waals surface area contributed by atoms with Crippen LogP contribution in [0, 0.1) is 22.7 Å². The van der Waals surface area contributed by atoms with E-state index in [1.807, 2.05) is 0 Å². The SMILES string of the molecule is CCC(CC)CC(=O)C1C(C)(C)C1(C)C. The van der Waals surface area contributed by atoms with E-state index < -0.39 is 0 Å². The summed E-state index contributed by atoms with van der Waals surface area (Å²) in [6.45, 7) is 13.3. The molecule has 1 aliphatic rings. The lowest BCUT2D eigenvalue weighted by Gasteiger charge is -2.11. The average Bonchev–Trinajstić information content (AvgIpc) is 2.53. The first kappa shape index (κ1) is 12.7. The number of hydrogen-bond donors (Lipinski definition) is 0. The van der Waals surface area contributed by atoms with Gasteiger partial charge in [0.2, 0.25) is 0 Å². The third-order valence-corrected chi connectivity index (χ3v) is 4.99. The summed E-state index contributed by atoms with van der Waals surface area (Å²) in [7, 11) is 0. The molecule has 0 spiro atoms. The van der Waals surface area contributed by atoms with Gasteiger partial charge in [0.05, 0.1) is 0 Å². The van der Waals surface area contributed by atoms with E-state index in [0.29, 0.717) is 17.6 Å². The van der Waals surface area contributed by atoms with Gasteiger partial charge < -0.3 is 0 Å². The fourth-order valence-electron chi connectivity index (χ4n) is 2.98. The Morgan fingerprint density at radius 3 is 1.73 bits per heavy atom. The van der Waals surface area contributed by atoms with E-state index in [1.165, 1.54) is 0 Å². The van der Waals surface area contributed by atoms with Crippen LogP contribution in [0.15, 0.2) is 0 Å². The summed E-state index contributed by atoms with van der Waals surface area (Å²) < 4.78 is 0. The maximum atomic E-state index is 12.2. The van der Waals surface area contributed by atoms with Crippen LogP contribution in [0.3, 0.4) is 0 Å². The van der Waals surface area contributed by atoms with Crippen molar-refractivity contribution in [3.63, 3.8) is 0 Å². The topological polar surface area (TPSA) is 17.1 Å². The lowest BCUT2D eigenvalue weighted by Crippen LogP contribution is -2.12. The lowest BCUT2D eigenvalue weighted by molar-refractivity contribution is -0.122. The van der Waals surface area contributed by atoms with Crippen molar-refractivity contribution < 1.29 is 4.79 Å². The Morgan fingerprint density at radius 2 is 1.47 bits per heavy atom. The molecule has 15 heavy (non-hydrogen) atoms. The minimum absolute atomic E-state index is 0.218. The van der Waals surface area contributed by atoms with E-state index in [1.54, 1.807) is 0 Å². The third kappa shape index (κ3) is 1.98. The van der Waals surface area contributed by atoms with Gasteiger partial charge in [-0.1, -0.05) is 54.4 Å². The largest absolute Gasteiger partial charge is 0.299 e. The van der Waals surface area contributed by atoms with Crippen LogP contribution in [0.25, 0.3) is 0 Å². The van der Waals surface area contributed by atoms with Crippen molar-refractivity contribution in [1.29, 1.82) is 0 Å². The Bertz CT molecular complexity index is 232. The second-order valence-electron chi connectivity index (χ2n) is 6.23. The van der Waals surface area contributed by atoms with Crippen molar-refractivity contribution in [1.82, 2.24) is 0 Å². The molecular weight excluding hydrogens is 184 g/mol. The summed E-state index contributed by atoms with van der Waals surface area (Å²) in [5.41, 5.74) is 0.437. The molecule has 0 aromatic rings. The predicted octanol–water partition coefficient (Wildman–Crippen LogP) is 4.06. The Hall–Kier alpha value is -0.330. The van der Waals surface area contributed by atoms with Crippen molar-refractivity contribution in [2.24, 2.45) is 22.7 Å². The van der Waals surface area contributed by atoms with Crippen LogP contribution >= 0.6 is 0 Å². The average molecular weight is 210 g/mol. The smallest absolute Gasteiger partial charge is 0.137 e. The zero-order valence-corrected chi connectivity index (χ0v) is 11.2. The van der Waals surface area contributed by atoms with Gasteiger partial charge in [-0.05, 0) is 16.7 Å². The molecule has 1 fully saturated rings. The Morgan fingerprint density at radius 1 is 1.07 bits per heavy atom. The van der Waals surface area contributed by atoms with Gasteiger partial charge in [-0.2, -0.15) is 0 Å². The standard InChI is InChI=1S/C14H26O/c1-7-10(8-2)9-11(15)12-13(3,4)14(12,5)6/h10,12H,7-9H2,1-6H3. The summed E-state index contributed by atoms with van der Waals surface area (Å²) in [6, 6.07) is 0.